The van der Waals surface area contributed by atoms with Crippen LogP contribution in [-0.4, -0.2) is 27.9 Å². The van der Waals surface area contributed by atoms with Gasteiger partial charge in [-0.25, -0.2) is 0 Å². The number of nitrogens with zero attached hydrogens (tertiary/aromatic N) is 1. The fraction of sp³-hybridized carbons (Fsp3) is 0.692. The van der Waals surface area contributed by atoms with Gasteiger partial charge in [-0.1, -0.05) is 6.42 Å². The Kier molecular flexibility index (Phi) is 4.31. The maximum Gasteiger partial charge on any atom is 0.193 e. The molecule has 0 saturated carbocycles. The second kappa shape index (κ2) is 5.96. The predicted octanol–water partition coefficient (Wildman–Crippen LogP) is 2.07. The largest absolute Gasteiger partial charge is 0.494 e. The van der Waals surface area contributed by atoms with E-state index in [4.69, 9.17) is 0 Å². The molecule has 1 fully saturated rings. The van der Waals surface area contributed by atoms with Gasteiger partial charge in [-0.05, 0) is 44.7 Å². The standard InChI is InChI=1S/C13H22N2O2/c16-12-6-7-13(17)15(12)9-3-5-11-4-1-2-8-14-10-11/h6-7,11,14,16-17H,1-5,8-10H2. The van der Waals surface area contributed by atoms with Crippen molar-refractivity contribution >= 4 is 0 Å². The van der Waals surface area contributed by atoms with Crippen LogP contribution in [0.4, 0.5) is 0 Å². The molecule has 2 heterocycles. The van der Waals surface area contributed by atoms with E-state index in [1.807, 2.05) is 0 Å². The van der Waals surface area contributed by atoms with Crippen LogP contribution in [0.5, 0.6) is 11.8 Å². The summed E-state index contributed by atoms with van der Waals surface area (Å²) < 4.78 is 1.56. The van der Waals surface area contributed by atoms with Crippen molar-refractivity contribution < 1.29 is 10.2 Å². The topological polar surface area (TPSA) is 57.4 Å². The first kappa shape index (κ1) is 12.3. The van der Waals surface area contributed by atoms with Crippen LogP contribution in [0.3, 0.4) is 0 Å². The Morgan fingerprint density at radius 2 is 2.00 bits per heavy atom. The smallest absolute Gasteiger partial charge is 0.193 e. The molecule has 1 aliphatic rings. The molecule has 3 N–H and O–H groups in total. The molecule has 0 bridgehead atoms. The van der Waals surface area contributed by atoms with E-state index in [1.165, 1.54) is 31.4 Å². The molecule has 0 amide bonds. The highest BCUT2D eigenvalue weighted by Gasteiger charge is 2.12. The second-order valence-electron chi connectivity index (χ2n) is 4.91. The normalized spacial score (nSPS) is 21.3. The Balaban J connectivity index is 1.75. The molecular weight excluding hydrogens is 216 g/mol. The van der Waals surface area contributed by atoms with Crippen molar-refractivity contribution in [3.05, 3.63) is 12.1 Å². The first-order chi connectivity index (χ1) is 8.27. The molecule has 0 aliphatic carbocycles. The highest BCUT2D eigenvalue weighted by Crippen LogP contribution is 2.23. The van der Waals surface area contributed by atoms with Crippen LogP contribution in [0.25, 0.3) is 0 Å². The summed E-state index contributed by atoms with van der Waals surface area (Å²) in [5, 5.41) is 22.5. The summed E-state index contributed by atoms with van der Waals surface area (Å²) in [7, 11) is 0. The molecule has 4 nitrogen and oxygen atoms in total. The third kappa shape index (κ3) is 3.40. The first-order valence-corrected chi connectivity index (χ1v) is 6.55. The number of aromatic nitrogens is 1. The van der Waals surface area contributed by atoms with E-state index in [1.54, 1.807) is 4.57 Å². The van der Waals surface area contributed by atoms with Gasteiger partial charge in [-0.2, -0.15) is 0 Å². The Morgan fingerprint density at radius 1 is 1.24 bits per heavy atom. The van der Waals surface area contributed by atoms with E-state index in [9.17, 15) is 10.2 Å². The van der Waals surface area contributed by atoms with Crippen molar-refractivity contribution in [1.82, 2.24) is 9.88 Å². The van der Waals surface area contributed by atoms with Crippen molar-refractivity contribution in [2.75, 3.05) is 13.1 Å². The monoisotopic (exact) mass is 238 g/mol. The molecule has 0 radical (unpaired) electrons. The Bertz CT molecular complexity index is 322. The molecule has 0 spiro atoms. The lowest BCUT2D eigenvalue weighted by Gasteiger charge is -2.14. The summed E-state index contributed by atoms with van der Waals surface area (Å²) in [6.07, 6.45) is 6.07. The minimum atomic E-state index is 0.154. The van der Waals surface area contributed by atoms with Gasteiger partial charge in [0.2, 0.25) is 0 Å². The summed E-state index contributed by atoms with van der Waals surface area (Å²) in [5.41, 5.74) is 0. The molecular formula is C13H22N2O2. The predicted molar refractivity (Wildman–Crippen MR) is 67.2 cm³/mol. The summed E-state index contributed by atoms with van der Waals surface area (Å²) in [4.78, 5) is 0. The molecule has 1 saturated heterocycles. The Morgan fingerprint density at radius 3 is 2.76 bits per heavy atom. The quantitative estimate of drug-likeness (QED) is 0.752. The molecule has 96 valence electrons. The van der Waals surface area contributed by atoms with Crippen molar-refractivity contribution in [3.8, 4) is 11.8 Å². The average molecular weight is 238 g/mol. The summed E-state index contributed by atoms with van der Waals surface area (Å²) in [6, 6.07) is 3.06. The zero-order valence-electron chi connectivity index (χ0n) is 10.2. The van der Waals surface area contributed by atoms with Gasteiger partial charge in [-0.15, -0.1) is 0 Å². The van der Waals surface area contributed by atoms with Crippen molar-refractivity contribution in [2.24, 2.45) is 5.92 Å². The molecule has 1 atom stereocenters. The van der Waals surface area contributed by atoms with Gasteiger partial charge in [0, 0.05) is 18.7 Å². The molecule has 0 aromatic carbocycles. The van der Waals surface area contributed by atoms with Gasteiger partial charge in [0.15, 0.2) is 11.8 Å². The second-order valence-corrected chi connectivity index (χ2v) is 4.91. The molecule has 17 heavy (non-hydrogen) atoms. The van der Waals surface area contributed by atoms with Gasteiger partial charge in [0.25, 0.3) is 0 Å². The van der Waals surface area contributed by atoms with E-state index in [0.29, 0.717) is 6.54 Å². The number of rotatable bonds is 4. The summed E-state index contributed by atoms with van der Waals surface area (Å²) in [6.45, 7) is 2.96. The van der Waals surface area contributed by atoms with Crippen molar-refractivity contribution in [1.29, 1.82) is 0 Å². The van der Waals surface area contributed by atoms with Crippen LogP contribution in [0, 0.1) is 5.92 Å². The fourth-order valence-corrected chi connectivity index (χ4v) is 2.55. The lowest BCUT2D eigenvalue weighted by molar-refractivity contribution is 0.349. The average Bonchev–Trinajstić information content (AvgIpc) is 2.57. The van der Waals surface area contributed by atoms with Crippen molar-refractivity contribution in [2.45, 2.75) is 38.6 Å². The van der Waals surface area contributed by atoms with Crippen LogP contribution < -0.4 is 5.32 Å². The zero-order valence-corrected chi connectivity index (χ0v) is 10.2. The Labute approximate surface area is 102 Å². The van der Waals surface area contributed by atoms with E-state index in [2.05, 4.69) is 5.32 Å². The number of hydrogen-bond donors (Lipinski definition) is 3. The third-order valence-corrected chi connectivity index (χ3v) is 3.58. The van der Waals surface area contributed by atoms with Crippen molar-refractivity contribution in [3.63, 3.8) is 0 Å². The zero-order chi connectivity index (χ0) is 12.1. The van der Waals surface area contributed by atoms with Crippen LogP contribution in [-0.2, 0) is 6.54 Å². The highest BCUT2D eigenvalue weighted by molar-refractivity contribution is 5.23. The van der Waals surface area contributed by atoms with Gasteiger partial charge >= 0.3 is 0 Å². The summed E-state index contributed by atoms with van der Waals surface area (Å²) >= 11 is 0. The summed E-state index contributed by atoms with van der Waals surface area (Å²) in [5.74, 6) is 1.06. The molecule has 1 aromatic rings. The number of aromatic hydroxyl groups is 2. The SMILES string of the molecule is Oc1ccc(O)n1CCCC1CCCCNC1. The third-order valence-electron chi connectivity index (χ3n) is 3.58. The van der Waals surface area contributed by atoms with Crippen LogP contribution in [0.2, 0.25) is 0 Å². The minimum Gasteiger partial charge on any atom is -0.494 e. The molecule has 4 heteroatoms. The van der Waals surface area contributed by atoms with E-state index >= 15 is 0 Å². The molecule has 2 rings (SSSR count). The van der Waals surface area contributed by atoms with Gasteiger partial charge in [-0.3, -0.25) is 4.57 Å². The van der Waals surface area contributed by atoms with Crippen LogP contribution >= 0.6 is 0 Å². The van der Waals surface area contributed by atoms with Crippen LogP contribution in [0.15, 0.2) is 12.1 Å². The lowest BCUT2D eigenvalue weighted by atomic mass is 9.98. The Hall–Kier alpha value is -1.16. The van der Waals surface area contributed by atoms with E-state index in [0.717, 1.165) is 31.8 Å². The van der Waals surface area contributed by atoms with Gasteiger partial charge in [0.1, 0.15) is 0 Å². The maximum absolute atomic E-state index is 9.50. The van der Waals surface area contributed by atoms with Gasteiger partial charge in [0.05, 0.1) is 0 Å². The fourth-order valence-electron chi connectivity index (χ4n) is 2.55. The van der Waals surface area contributed by atoms with Gasteiger partial charge < -0.3 is 15.5 Å². The number of hydrogen-bond acceptors (Lipinski definition) is 3. The first-order valence-electron chi connectivity index (χ1n) is 6.55. The highest BCUT2D eigenvalue weighted by atomic mass is 16.3. The lowest BCUT2D eigenvalue weighted by Crippen LogP contribution is -2.20. The minimum absolute atomic E-state index is 0.154. The van der Waals surface area contributed by atoms with E-state index in [-0.39, 0.29) is 11.8 Å². The molecule has 1 aliphatic heterocycles. The maximum atomic E-state index is 9.50. The van der Waals surface area contributed by atoms with Crippen LogP contribution in [0.1, 0.15) is 32.1 Å². The van der Waals surface area contributed by atoms with E-state index < -0.39 is 0 Å². The molecule has 1 unspecified atom stereocenters. The number of nitrogens with one attached hydrogen (secondary N) is 1. The molecule has 1 aromatic heterocycles.